The van der Waals surface area contributed by atoms with Crippen molar-refractivity contribution in [3.63, 3.8) is 0 Å². The Morgan fingerprint density at radius 1 is 1.23 bits per heavy atom. The number of allylic oxidation sites excluding steroid dienone is 3. The molecule has 4 rings (SSSR count). The molecule has 0 spiro atoms. The van der Waals surface area contributed by atoms with Gasteiger partial charge < -0.3 is 10.6 Å². The molecular weight excluding hydrogens is 431 g/mol. The number of alkyl halides is 3. The third-order valence-electron chi connectivity index (χ3n) is 5.17. The molecule has 2 N–H and O–H groups in total. The molecule has 1 aromatic carbocycles. The van der Waals surface area contributed by atoms with Crippen molar-refractivity contribution in [3.05, 3.63) is 64.2 Å². The maximum Gasteiger partial charge on any atom is 0.416 e. The summed E-state index contributed by atoms with van der Waals surface area (Å²) < 4.78 is 66.0. The number of benzene rings is 1. The molecule has 1 amide bonds. The minimum atomic E-state index is -4.67. The largest absolute Gasteiger partial charge is 0.416 e. The first-order chi connectivity index (χ1) is 14.7. The van der Waals surface area contributed by atoms with Gasteiger partial charge in [0.05, 0.1) is 21.1 Å². The summed E-state index contributed by atoms with van der Waals surface area (Å²) in [5.41, 5.74) is -0.217. The first-order valence-electron chi connectivity index (χ1n) is 9.77. The van der Waals surface area contributed by atoms with Crippen molar-refractivity contribution >= 4 is 22.0 Å². The molecule has 1 aliphatic carbocycles. The lowest BCUT2D eigenvalue weighted by atomic mass is 10.0. The summed E-state index contributed by atoms with van der Waals surface area (Å²) >= 11 is 0. The fraction of sp³-hybridized carbons (Fsp3) is 0.333. The lowest BCUT2D eigenvalue weighted by Crippen LogP contribution is -2.45. The molecule has 1 atom stereocenters. The zero-order chi connectivity index (χ0) is 22.2. The Morgan fingerprint density at radius 2 is 2.00 bits per heavy atom. The SMILES string of the molecule is O=C(NC1CC1)[C@H]1C=CC(S(=O)(=O)c2cccc(C(F)(F)F)c2)=C(C2=CC=NCC2)N1. The highest BCUT2D eigenvalue weighted by Gasteiger charge is 2.35. The third-order valence-corrected chi connectivity index (χ3v) is 6.96. The van der Waals surface area contributed by atoms with Crippen LogP contribution in [0.2, 0.25) is 0 Å². The first kappa shape index (κ1) is 21.4. The van der Waals surface area contributed by atoms with Crippen LogP contribution in [0.5, 0.6) is 0 Å². The van der Waals surface area contributed by atoms with Crippen LogP contribution in [-0.4, -0.2) is 39.2 Å². The molecule has 164 valence electrons. The lowest BCUT2D eigenvalue weighted by molar-refractivity contribution is -0.137. The minimum Gasteiger partial charge on any atom is -0.369 e. The summed E-state index contributed by atoms with van der Waals surface area (Å²) in [6.45, 7) is 0.441. The van der Waals surface area contributed by atoms with E-state index in [0.717, 1.165) is 31.0 Å². The van der Waals surface area contributed by atoms with Gasteiger partial charge in [-0.15, -0.1) is 0 Å². The number of hydrogen-bond acceptors (Lipinski definition) is 5. The Kier molecular flexibility index (Phi) is 5.50. The Bertz CT molecular complexity index is 1130. The number of carbonyl (C=O) groups excluding carboxylic acids is 1. The summed E-state index contributed by atoms with van der Waals surface area (Å²) in [5.74, 6) is -0.281. The van der Waals surface area contributed by atoms with E-state index in [2.05, 4.69) is 15.6 Å². The van der Waals surface area contributed by atoms with Crippen molar-refractivity contribution in [2.45, 2.75) is 42.4 Å². The van der Waals surface area contributed by atoms with Crippen molar-refractivity contribution < 1.29 is 26.4 Å². The second-order valence-electron chi connectivity index (χ2n) is 7.53. The molecule has 31 heavy (non-hydrogen) atoms. The van der Waals surface area contributed by atoms with Gasteiger partial charge >= 0.3 is 6.18 Å². The van der Waals surface area contributed by atoms with Gasteiger partial charge in [0.2, 0.25) is 15.7 Å². The van der Waals surface area contributed by atoms with Gasteiger partial charge in [0, 0.05) is 18.8 Å². The molecule has 10 heteroatoms. The second kappa shape index (κ2) is 7.99. The van der Waals surface area contributed by atoms with E-state index in [0.29, 0.717) is 24.6 Å². The van der Waals surface area contributed by atoms with Gasteiger partial charge in [0.25, 0.3) is 0 Å². The van der Waals surface area contributed by atoms with Crippen molar-refractivity contribution in [2.75, 3.05) is 6.54 Å². The Balaban J connectivity index is 1.74. The zero-order valence-corrected chi connectivity index (χ0v) is 17.1. The quantitative estimate of drug-likeness (QED) is 0.721. The highest BCUT2D eigenvalue weighted by Crippen LogP contribution is 2.34. The number of hydrogen-bond donors (Lipinski definition) is 2. The molecule has 2 heterocycles. The van der Waals surface area contributed by atoms with E-state index < -0.39 is 32.5 Å². The average molecular weight is 451 g/mol. The van der Waals surface area contributed by atoms with Gasteiger partial charge in [-0.3, -0.25) is 9.79 Å². The van der Waals surface area contributed by atoms with Crippen LogP contribution in [0, 0.1) is 0 Å². The molecule has 6 nitrogen and oxygen atoms in total. The van der Waals surface area contributed by atoms with Gasteiger partial charge in [-0.05, 0) is 55.2 Å². The lowest BCUT2D eigenvalue weighted by Gasteiger charge is -2.27. The van der Waals surface area contributed by atoms with Crippen molar-refractivity contribution in [3.8, 4) is 0 Å². The van der Waals surface area contributed by atoms with Gasteiger partial charge in [-0.1, -0.05) is 12.1 Å². The van der Waals surface area contributed by atoms with Crippen LogP contribution in [0.15, 0.2) is 68.6 Å². The van der Waals surface area contributed by atoms with Crippen molar-refractivity contribution in [1.29, 1.82) is 0 Å². The van der Waals surface area contributed by atoms with E-state index in [4.69, 9.17) is 0 Å². The van der Waals surface area contributed by atoms with E-state index in [9.17, 15) is 26.4 Å². The number of dihydropyridines is 2. The second-order valence-corrected chi connectivity index (χ2v) is 9.45. The topological polar surface area (TPSA) is 87.6 Å². The normalized spacial score (nSPS) is 21.5. The molecular formula is C21H20F3N3O3S. The van der Waals surface area contributed by atoms with Crippen LogP contribution in [-0.2, 0) is 20.8 Å². The van der Waals surface area contributed by atoms with Crippen LogP contribution >= 0.6 is 0 Å². The summed E-state index contributed by atoms with van der Waals surface area (Å²) in [6, 6.07) is 2.99. The minimum absolute atomic E-state index is 0.131. The molecule has 1 aromatic rings. The number of carbonyl (C=O) groups is 1. The number of nitrogens with one attached hydrogen (secondary N) is 2. The van der Waals surface area contributed by atoms with Gasteiger partial charge in [0.1, 0.15) is 6.04 Å². The maximum atomic E-state index is 13.3. The Labute approximate surface area is 177 Å². The number of halogens is 3. The van der Waals surface area contributed by atoms with Gasteiger partial charge in [-0.2, -0.15) is 13.2 Å². The van der Waals surface area contributed by atoms with E-state index in [1.54, 1.807) is 12.3 Å². The summed E-state index contributed by atoms with van der Waals surface area (Å²) in [5, 5.41) is 5.84. The van der Waals surface area contributed by atoms with Crippen molar-refractivity contribution in [1.82, 2.24) is 10.6 Å². The monoisotopic (exact) mass is 451 g/mol. The van der Waals surface area contributed by atoms with Crippen LogP contribution in [0.4, 0.5) is 13.2 Å². The highest BCUT2D eigenvalue weighted by atomic mass is 32.2. The van der Waals surface area contributed by atoms with E-state index >= 15 is 0 Å². The number of nitrogens with zero attached hydrogens (tertiary/aromatic N) is 1. The first-order valence-corrected chi connectivity index (χ1v) is 11.3. The van der Waals surface area contributed by atoms with Gasteiger partial charge in [-0.25, -0.2) is 8.42 Å². The fourth-order valence-corrected chi connectivity index (χ4v) is 4.86. The predicted octanol–water partition coefficient (Wildman–Crippen LogP) is 2.90. The van der Waals surface area contributed by atoms with E-state index in [-0.39, 0.29) is 22.6 Å². The third kappa shape index (κ3) is 4.58. The Morgan fingerprint density at radius 3 is 2.65 bits per heavy atom. The average Bonchev–Trinajstić information content (AvgIpc) is 3.57. The Hall–Kier alpha value is -2.88. The van der Waals surface area contributed by atoms with Crippen LogP contribution in [0.25, 0.3) is 0 Å². The summed E-state index contributed by atoms with van der Waals surface area (Å²) in [4.78, 5) is 15.9. The van der Waals surface area contributed by atoms with Crippen LogP contribution in [0.1, 0.15) is 24.8 Å². The summed E-state index contributed by atoms with van der Waals surface area (Å²) in [7, 11) is -4.29. The molecule has 3 aliphatic rings. The molecule has 1 saturated carbocycles. The van der Waals surface area contributed by atoms with Crippen LogP contribution < -0.4 is 10.6 Å². The number of rotatable bonds is 5. The van der Waals surface area contributed by atoms with Gasteiger partial charge in [0.15, 0.2) is 0 Å². The predicted molar refractivity (Wildman–Crippen MR) is 109 cm³/mol. The molecule has 1 fully saturated rings. The van der Waals surface area contributed by atoms with Crippen LogP contribution in [0.3, 0.4) is 0 Å². The maximum absolute atomic E-state index is 13.3. The fourth-order valence-electron chi connectivity index (χ4n) is 3.35. The highest BCUT2D eigenvalue weighted by molar-refractivity contribution is 7.95. The molecule has 2 aliphatic heterocycles. The molecule has 0 saturated heterocycles. The standard InChI is InChI=1S/C21H20F3N3O3S/c22-21(23,24)14-2-1-3-16(12-14)31(29,30)18-7-6-17(20(28)26-15-4-5-15)27-19(18)13-8-10-25-11-9-13/h1-3,6-8,10,12,15,17,27H,4-5,9,11H2,(H,26,28)/t17-/m1/s1. The van der Waals surface area contributed by atoms with E-state index in [1.807, 2.05) is 0 Å². The van der Waals surface area contributed by atoms with E-state index in [1.165, 1.54) is 12.2 Å². The number of sulfone groups is 1. The number of aliphatic imine (C=N–C) groups is 1. The number of amides is 1. The molecule has 0 bridgehead atoms. The molecule has 0 unspecified atom stereocenters. The van der Waals surface area contributed by atoms with Crippen molar-refractivity contribution in [2.24, 2.45) is 4.99 Å². The smallest absolute Gasteiger partial charge is 0.369 e. The molecule has 0 aromatic heterocycles. The molecule has 0 radical (unpaired) electrons. The zero-order valence-electron chi connectivity index (χ0n) is 16.3. The summed E-state index contributed by atoms with van der Waals surface area (Å²) in [6.07, 6.45) is 3.47.